The molecule has 0 aliphatic carbocycles. The first-order chi connectivity index (χ1) is 14.5. The molecule has 0 unspecified atom stereocenters. The number of rotatable bonds is 7. The quantitative estimate of drug-likeness (QED) is 0.593. The standard InChI is InChI=1S/C24H22N2O4/c1-25-24(29)20-11-13-21(14-12-20)26-22(27)16-30-23(28)15-17-7-9-19(10-8-17)18-5-3-2-4-6-18/h2-14H,15-16H2,1H3,(H,25,29)(H,26,27). The minimum absolute atomic E-state index is 0.0865. The predicted octanol–water partition coefficient (Wildman–Crippen LogP) is 3.44. The van der Waals surface area contributed by atoms with Crippen LogP contribution in [-0.4, -0.2) is 31.4 Å². The van der Waals surface area contributed by atoms with Crippen LogP contribution in [0.2, 0.25) is 0 Å². The molecule has 0 aliphatic heterocycles. The summed E-state index contributed by atoms with van der Waals surface area (Å²) < 4.78 is 5.06. The Kier molecular flexibility index (Phi) is 6.95. The first kappa shape index (κ1) is 20.8. The Morgan fingerprint density at radius 2 is 1.43 bits per heavy atom. The monoisotopic (exact) mass is 402 g/mol. The third-order valence-corrected chi connectivity index (χ3v) is 4.43. The van der Waals surface area contributed by atoms with Gasteiger partial charge in [0, 0.05) is 18.3 Å². The number of amides is 2. The van der Waals surface area contributed by atoms with E-state index in [4.69, 9.17) is 4.74 Å². The summed E-state index contributed by atoms with van der Waals surface area (Å²) in [5.41, 5.74) is 3.98. The van der Waals surface area contributed by atoms with E-state index in [0.29, 0.717) is 11.3 Å². The van der Waals surface area contributed by atoms with Crippen molar-refractivity contribution >= 4 is 23.5 Å². The zero-order chi connectivity index (χ0) is 21.3. The Morgan fingerprint density at radius 3 is 2.07 bits per heavy atom. The van der Waals surface area contributed by atoms with Crippen molar-refractivity contribution < 1.29 is 19.1 Å². The molecule has 2 N–H and O–H groups in total. The molecule has 0 bridgehead atoms. The zero-order valence-electron chi connectivity index (χ0n) is 16.6. The van der Waals surface area contributed by atoms with E-state index < -0.39 is 11.9 Å². The summed E-state index contributed by atoms with van der Waals surface area (Å²) in [6, 6.07) is 24.0. The van der Waals surface area contributed by atoms with Crippen molar-refractivity contribution in [3.63, 3.8) is 0 Å². The lowest BCUT2D eigenvalue weighted by molar-refractivity contribution is -0.146. The number of ether oxygens (including phenoxy) is 1. The van der Waals surface area contributed by atoms with Gasteiger partial charge in [0.2, 0.25) is 0 Å². The molecule has 0 spiro atoms. The molecule has 0 fully saturated rings. The van der Waals surface area contributed by atoms with E-state index >= 15 is 0 Å². The zero-order valence-corrected chi connectivity index (χ0v) is 16.6. The highest BCUT2D eigenvalue weighted by molar-refractivity contribution is 5.96. The molecular formula is C24H22N2O4. The molecule has 0 radical (unpaired) electrons. The van der Waals surface area contributed by atoms with Crippen LogP contribution in [0.1, 0.15) is 15.9 Å². The summed E-state index contributed by atoms with van der Waals surface area (Å²) in [6.45, 7) is -0.377. The number of esters is 1. The van der Waals surface area contributed by atoms with Gasteiger partial charge in [0.25, 0.3) is 11.8 Å². The molecule has 3 aromatic rings. The SMILES string of the molecule is CNC(=O)c1ccc(NC(=O)COC(=O)Cc2ccc(-c3ccccc3)cc2)cc1. The number of hydrogen-bond acceptors (Lipinski definition) is 4. The smallest absolute Gasteiger partial charge is 0.310 e. The van der Waals surface area contributed by atoms with Crippen LogP contribution in [0.25, 0.3) is 11.1 Å². The summed E-state index contributed by atoms with van der Waals surface area (Å²) >= 11 is 0. The number of carbonyl (C=O) groups excluding carboxylic acids is 3. The maximum absolute atomic E-state index is 12.0. The van der Waals surface area contributed by atoms with E-state index in [2.05, 4.69) is 10.6 Å². The van der Waals surface area contributed by atoms with Crippen LogP contribution in [0, 0.1) is 0 Å². The fourth-order valence-electron chi connectivity index (χ4n) is 2.86. The highest BCUT2D eigenvalue weighted by atomic mass is 16.5. The molecule has 3 aromatic carbocycles. The molecule has 152 valence electrons. The molecule has 0 saturated carbocycles. The van der Waals surface area contributed by atoms with Gasteiger partial charge in [0.15, 0.2) is 6.61 Å². The van der Waals surface area contributed by atoms with Crippen LogP contribution in [0.15, 0.2) is 78.9 Å². The number of anilines is 1. The van der Waals surface area contributed by atoms with Gasteiger partial charge in [0.1, 0.15) is 0 Å². The van der Waals surface area contributed by atoms with E-state index in [1.54, 1.807) is 31.3 Å². The average Bonchev–Trinajstić information content (AvgIpc) is 2.79. The molecule has 0 aliphatic rings. The molecule has 3 rings (SSSR count). The predicted molar refractivity (Wildman–Crippen MR) is 115 cm³/mol. The Morgan fingerprint density at radius 1 is 0.800 bits per heavy atom. The van der Waals surface area contributed by atoms with Crippen molar-refractivity contribution in [3.05, 3.63) is 90.0 Å². The number of benzene rings is 3. The third kappa shape index (κ3) is 5.78. The van der Waals surface area contributed by atoms with Crippen molar-refractivity contribution in [2.45, 2.75) is 6.42 Å². The van der Waals surface area contributed by atoms with Gasteiger partial charge in [-0.2, -0.15) is 0 Å². The first-order valence-corrected chi connectivity index (χ1v) is 9.47. The number of hydrogen-bond donors (Lipinski definition) is 2. The minimum Gasteiger partial charge on any atom is -0.455 e. The van der Waals surface area contributed by atoms with Gasteiger partial charge in [0.05, 0.1) is 6.42 Å². The van der Waals surface area contributed by atoms with Crippen LogP contribution in [0.5, 0.6) is 0 Å². The largest absolute Gasteiger partial charge is 0.455 e. The Balaban J connectivity index is 1.46. The Labute approximate surface area is 174 Å². The van der Waals surface area contributed by atoms with Crippen LogP contribution < -0.4 is 10.6 Å². The fourth-order valence-corrected chi connectivity index (χ4v) is 2.86. The van der Waals surface area contributed by atoms with Gasteiger partial charge < -0.3 is 15.4 Å². The van der Waals surface area contributed by atoms with Gasteiger partial charge in [-0.1, -0.05) is 54.6 Å². The summed E-state index contributed by atoms with van der Waals surface area (Å²) in [6.07, 6.45) is 0.0865. The molecule has 0 saturated heterocycles. The van der Waals surface area contributed by atoms with Gasteiger partial charge in [-0.05, 0) is 41.0 Å². The molecule has 0 heterocycles. The van der Waals surface area contributed by atoms with Crippen LogP contribution in [0.3, 0.4) is 0 Å². The van der Waals surface area contributed by atoms with Crippen molar-refractivity contribution in [3.8, 4) is 11.1 Å². The number of carbonyl (C=O) groups is 3. The van der Waals surface area contributed by atoms with E-state index in [0.717, 1.165) is 16.7 Å². The maximum atomic E-state index is 12.0. The second kappa shape index (κ2) is 10.0. The van der Waals surface area contributed by atoms with Gasteiger partial charge >= 0.3 is 5.97 Å². The highest BCUT2D eigenvalue weighted by Crippen LogP contribution is 2.19. The number of nitrogens with one attached hydrogen (secondary N) is 2. The van der Waals surface area contributed by atoms with Gasteiger partial charge in [-0.15, -0.1) is 0 Å². The Hall–Kier alpha value is -3.93. The molecule has 2 amide bonds. The summed E-state index contributed by atoms with van der Waals surface area (Å²) in [7, 11) is 1.55. The second-order valence-electron chi connectivity index (χ2n) is 6.61. The van der Waals surface area contributed by atoms with E-state index in [-0.39, 0.29) is 18.9 Å². The van der Waals surface area contributed by atoms with Crippen LogP contribution in [0.4, 0.5) is 5.69 Å². The van der Waals surface area contributed by atoms with Crippen molar-refractivity contribution in [2.75, 3.05) is 19.0 Å². The average molecular weight is 402 g/mol. The molecular weight excluding hydrogens is 380 g/mol. The third-order valence-electron chi connectivity index (χ3n) is 4.43. The molecule has 0 aromatic heterocycles. The van der Waals surface area contributed by atoms with Crippen molar-refractivity contribution in [2.24, 2.45) is 0 Å². The topological polar surface area (TPSA) is 84.5 Å². The fraction of sp³-hybridized carbons (Fsp3) is 0.125. The van der Waals surface area contributed by atoms with E-state index in [1.165, 1.54) is 0 Å². The summed E-state index contributed by atoms with van der Waals surface area (Å²) in [5.74, 6) is -1.14. The first-order valence-electron chi connectivity index (χ1n) is 9.47. The lowest BCUT2D eigenvalue weighted by Gasteiger charge is -2.08. The van der Waals surface area contributed by atoms with Gasteiger partial charge in [-0.3, -0.25) is 14.4 Å². The van der Waals surface area contributed by atoms with Crippen LogP contribution in [-0.2, 0) is 20.7 Å². The van der Waals surface area contributed by atoms with E-state index in [9.17, 15) is 14.4 Å². The molecule has 6 nitrogen and oxygen atoms in total. The Bertz CT molecular complexity index is 1010. The van der Waals surface area contributed by atoms with Crippen molar-refractivity contribution in [1.82, 2.24) is 5.32 Å². The molecule has 30 heavy (non-hydrogen) atoms. The van der Waals surface area contributed by atoms with Crippen LogP contribution >= 0.6 is 0 Å². The van der Waals surface area contributed by atoms with Gasteiger partial charge in [-0.25, -0.2) is 0 Å². The normalized spacial score (nSPS) is 10.2. The highest BCUT2D eigenvalue weighted by Gasteiger charge is 2.10. The second-order valence-corrected chi connectivity index (χ2v) is 6.61. The van der Waals surface area contributed by atoms with E-state index in [1.807, 2.05) is 54.6 Å². The summed E-state index contributed by atoms with van der Waals surface area (Å²) in [4.78, 5) is 35.5. The molecule has 0 atom stereocenters. The minimum atomic E-state index is -0.479. The maximum Gasteiger partial charge on any atom is 0.310 e. The lowest BCUT2D eigenvalue weighted by Crippen LogP contribution is -2.22. The molecule has 6 heteroatoms. The lowest BCUT2D eigenvalue weighted by atomic mass is 10.0. The summed E-state index contributed by atoms with van der Waals surface area (Å²) in [5, 5.41) is 5.14. The van der Waals surface area contributed by atoms with Crippen molar-refractivity contribution in [1.29, 1.82) is 0 Å².